The molecule has 1 amide bonds. The van der Waals surface area contributed by atoms with E-state index in [2.05, 4.69) is 5.32 Å². The van der Waals surface area contributed by atoms with Crippen LogP contribution >= 0.6 is 0 Å². The predicted octanol–water partition coefficient (Wildman–Crippen LogP) is 2.10. The lowest BCUT2D eigenvalue weighted by atomic mass is 10.0. The van der Waals surface area contributed by atoms with Crippen LogP contribution in [0.4, 0.5) is 0 Å². The van der Waals surface area contributed by atoms with E-state index in [0.29, 0.717) is 17.1 Å². The Balaban J connectivity index is 2.20. The zero-order valence-electron chi connectivity index (χ0n) is 12.5. The molecule has 0 saturated carbocycles. The summed E-state index contributed by atoms with van der Waals surface area (Å²) in [5, 5.41) is 21.6. The van der Waals surface area contributed by atoms with E-state index >= 15 is 0 Å². The van der Waals surface area contributed by atoms with Gasteiger partial charge in [0.2, 0.25) is 5.91 Å². The van der Waals surface area contributed by atoms with E-state index in [1.807, 2.05) is 18.2 Å². The van der Waals surface area contributed by atoms with Gasteiger partial charge in [-0.25, -0.2) is 4.79 Å². The molecule has 3 N–H and O–H groups in total. The second-order valence-electron chi connectivity index (χ2n) is 4.95. The predicted molar refractivity (Wildman–Crippen MR) is 83.2 cm³/mol. The van der Waals surface area contributed by atoms with Crippen LogP contribution in [0.25, 0.3) is 0 Å². The summed E-state index contributed by atoms with van der Waals surface area (Å²) < 4.78 is 5.64. The van der Waals surface area contributed by atoms with E-state index in [-0.39, 0.29) is 0 Å². The molecule has 23 heavy (non-hydrogen) atoms. The van der Waals surface area contributed by atoms with Gasteiger partial charge in [-0.1, -0.05) is 30.3 Å². The molecule has 6 heteroatoms. The van der Waals surface area contributed by atoms with Crippen molar-refractivity contribution in [2.24, 2.45) is 0 Å². The highest BCUT2D eigenvalue weighted by molar-refractivity contribution is 5.82. The van der Waals surface area contributed by atoms with Gasteiger partial charge in [-0.3, -0.25) is 4.79 Å². The van der Waals surface area contributed by atoms with Crippen molar-refractivity contribution in [2.75, 3.05) is 0 Å². The lowest BCUT2D eigenvalue weighted by Gasteiger charge is -2.20. The Kier molecular flexibility index (Phi) is 5.32. The quantitative estimate of drug-likeness (QED) is 0.758. The molecule has 0 aliphatic carbocycles. The van der Waals surface area contributed by atoms with Gasteiger partial charge < -0.3 is 20.3 Å². The number of carbonyl (C=O) groups excluding carboxylic acids is 1. The van der Waals surface area contributed by atoms with Crippen molar-refractivity contribution in [1.82, 2.24) is 5.32 Å². The molecule has 120 valence electrons. The van der Waals surface area contributed by atoms with Crippen molar-refractivity contribution in [1.29, 1.82) is 0 Å². The number of benzene rings is 2. The number of aliphatic carboxylic acids is 1. The fourth-order valence-electron chi connectivity index (χ4n) is 2.07. The van der Waals surface area contributed by atoms with Crippen LogP contribution in [0.3, 0.4) is 0 Å². The summed E-state index contributed by atoms with van der Waals surface area (Å²) in [4.78, 5) is 22.3. The molecule has 0 heterocycles. The smallest absolute Gasteiger partial charge is 0.329 e. The third kappa shape index (κ3) is 4.55. The average molecular weight is 315 g/mol. The van der Waals surface area contributed by atoms with Crippen molar-refractivity contribution in [3.05, 3.63) is 60.2 Å². The van der Waals surface area contributed by atoms with Crippen LogP contribution in [0.1, 0.15) is 18.6 Å². The molecule has 0 aliphatic heterocycles. The minimum Gasteiger partial charge on any atom is -0.480 e. The topological polar surface area (TPSA) is 95.9 Å². The Morgan fingerprint density at radius 2 is 1.70 bits per heavy atom. The van der Waals surface area contributed by atoms with Crippen LogP contribution in [0, 0.1) is 0 Å². The third-order valence-corrected chi connectivity index (χ3v) is 3.12. The standard InChI is InChI=1S/C17H17NO5/c1-11(19)18-15(17(21)22)16(20)12-6-5-9-14(10-12)23-13-7-3-2-4-8-13/h2-10,15-16,20H,1H3,(H,18,19)(H,21,22). The number of amides is 1. The van der Waals surface area contributed by atoms with E-state index in [4.69, 9.17) is 9.84 Å². The van der Waals surface area contributed by atoms with Crippen LogP contribution in [-0.4, -0.2) is 28.1 Å². The summed E-state index contributed by atoms with van der Waals surface area (Å²) in [5.41, 5.74) is 0.333. The van der Waals surface area contributed by atoms with Gasteiger partial charge in [0.15, 0.2) is 6.04 Å². The summed E-state index contributed by atoms with van der Waals surface area (Å²) >= 11 is 0. The summed E-state index contributed by atoms with van der Waals surface area (Å²) in [6.45, 7) is 1.19. The number of para-hydroxylation sites is 1. The average Bonchev–Trinajstić information content (AvgIpc) is 2.53. The normalized spacial score (nSPS) is 13.0. The number of carbonyl (C=O) groups is 2. The van der Waals surface area contributed by atoms with Gasteiger partial charge in [0.05, 0.1) is 0 Å². The van der Waals surface area contributed by atoms with Gasteiger partial charge in [0, 0.05) is 6.92 Å². The first kappa shape index (κ1) is 16.5. The maximum absolute atomic E-state index is 11.2. The van der Waals surface area contributed by atoms with Crippen LogP contribution in [0.15, 0.2) is 54.6 Å². The number of carboxylic acid groups (broad SMARTS) is 1. The van der Waals surface area contributed by atoms with Crippen molar-refractivity contribution in [3.63, 3.8) is 0 Å². The molecule has 0 radical (unpaired) electrons. The summed E-state index contributed by atoms with van der Waals surface area (Å²) in [5.74, 6) is -0.772. The first-order valence-corrected chi connectivity index (χ1v) is 6.98. The maximum atomic E-state index is 11.2. The van der Waals surface area contributed by atoms with E-state index in [1.165, 1.54) is 13.0 Å². The van der Waals surface area contributed by atoms with E-state index in [0.717, 1.165) is 0 Å². The zero-order chi connectivity index (χ0) is 16.8. The molecule has 6 nitrogen and oxygen atoms in total. The van der Waals surface area contributed by atoms with E-state index in [1.54, 1.807) is 30.3 Å². The summed E-state index contributed by atoms with van der Waals surface area (Å²) in [7, 11) is 0. The molecule has 2 atom stereocenters. The highest BCUT2D eigenvalue weighted by atomic mass is 16.5. The second-order valence-corrected chi connectivity index (χ2v) is 4.95. The summed E-state index contributed by atoms with van der Waals surface area (Å²) in [6.07, 6.45) is -1.39. The molecular weight excluding hydrogens is 298 g/mol. The van der Waals surface area contributed by atoms with Crippen molar-refractivity contribution >= 4 is 11.9 Å². The first-order chi connectivity index (χ1) is 11.0. The van der Waals surface area contributed by atoms with Crippen LogP contribution < -0.4 is 10.1 Å². The number of hydrogen-bond acceptors (Lipinski definition) is 4. The fourth-order valence-corrected chi connectivity index (χ4v) is 2.07. The second kappa shape index (κ2) is 7.42. The Bertz CT molecular complexity index is 686. The number of aliphatic hydroxyl groups is 1. The van der Waals surface area contributed by atoms with E-state index in [9.17, 15) is 14.7 Å². The number of aliphatic hydroxyl groups excluding tert-OH is 1. The fraction of sp³-hybridized carbons (Fsp3) is 0.176. The van der Waals surface area contributed by atoms with Crippen molar-refractivity contribution < 1.29 is 24.5 Å². The summed E-state index contributed by atoms with van der Waals surface area (Å²) in [6, 6.07) is 14.1. The number of ether oxygens (including phenoxy) is 1. The molecule has 0 bridgehead atoms. The van der Waals surface area contributed by atoms with Gasteiger partial charge in [-0.2, -0.15) is 0 Å². The molecule has 2 rings (SSSR count). The molecule has 0 saturated heterocycles. The monoisotopic (exact) mass is 315 g/mol. The Hall–Kier alpha value is -2.86. The van der Waals surface area contributed by atoms with Crippen LogP contribution in [-0.2, 0) is 9.59 Å². The number of rotatable bonds is 6. The Morgan fingerprint density at radius 3 is 2.30 bits per heavy atom. The molecule has 2 unspecified atom stereocenters. The Labute approximate surface area is 133 Å². The minimum atomic E-state index is -1.43. The number of nitrogens with one attached hydrogen (secondary N) is 1. The molecule has 2 aromatic rings. The SMILES string of the molecule is CC(=O)NC(C(=O)O)C(O)c1cccc(Oc2ccccc2)c1. The van der Waals surface area contributed by atoms with Crippen molar-refractivity contribution in [3.8, 4) is 11.5 Å². The molecule has 0 aromatic heterocycles. The number of hydrogen-bond donors (Lipinski definition) is 3. The molecule has 0 fully saturated rings. The Morgan fingerprint density at radius 1 is 1.04 bits per heavy atom. The minimum absolute atomic E-state index is 0.333. The van der Waals surface area contributed by atoms with Gasteiger partial charge in [-0.05, 0) is 29.8 Å². The number of carboxylic acids is 1. The lowest BCUT2D eigenvalue weighted by molar-refractivity contribution is -0.145. The largest absolute Gasteiger partial charge is 0.480 e. The highest BCUT2D eigenvalue weighted by Crippen LogP contribution is 2.26. The molecule has 0 spiro atoms. The molecule has 0 aliphatic rings. The van der Waals surface area contributed by atoms with Crippen molar-refractivity contribution in [2.45, 2.75) is 19.1 Å². The van der Waals surface area contributed by atoms with E-state index < -0.39 is 24.0 Å². The van der Waals surface area contributed by atoms with Gasteiger partial charge in [0.1, 0.15) is 17.6 Å². The van der Waals surface area contributed by atoms with Gasteiger partial charge >= 0.3 is 5.97 Å². The lowest BCUT2D eigenvalue weighted by Crippen LogP contribution is -2.44. The first-order valence-electron chi connectivity index (χ1n) is 6.98. The zero-order valence-corrected chi connectivity index (χ0v) is 12.5. The maximum Gasteiger partial charge on any atom is 0.329 e. The van der Waals surface area contributed by atoms with Crippen LogP contribution in [0.2, 0.25) is 0 Å². The van der Waals surface area contributed by atoms with Crippen LogP contribution in [0.5, 0.6) is 11.5 Å². The molecule has 2 aromatic carbocycles. The third-order valence-electron chi connectivity index (χ3n) is 3.12. The van der Waals surface area contributed by atoms with Gasteiger partial charge in [0.25, 0.3) is 0 Å². The molecular formula is C17H17NO5. The van der Waals surface area contributed by atoms with Gasteiger partial charge in [-0.15, -0.1) is 0 Å². The highest BCUT2D eigenvalue weighted by Gasteiger charge is 2.28.